The summed E-state index contributed by atoms with van der Waals surface area (Å²) in [7, 11) is 1.42. The maximum absolute atomic E-state index is 13.1. The summed E-state index contributed by atoms with van der Waals surface area (Å²) in [5.41, 5.74) is 10.3. The fraction of sp³-hybridized carbons (Fsp3) is 0.457. The number of ether oxygens (including phenoxy) is 1. The number of benzene rings is 2. The highest BCUT2D eigenvalue weighted by molar-refractivity contribution is 5.92. The summed E-state index contributed by atoms with van der Waals surface area (Å²) in [6.07, 6.45) is 6.52. The van der Waals surface area contributed by atoms with Crippen LogP contribution in [0.5, 0.6) is 0 Å². The molecule has 0 aliphatic heterocycles. The van der Waals surface area contributed by atoms with E-state index in [1.165, 1.54) is 7.11 Å². The van der Waals surface area contributed by atoms with Gasteiger partial charge in [-0.15, -0.1) is 0 Å². The zero-order valence-corrected chi connectivity index (χ0v) is 25.7. The first-order valence-corrected chi connectivity index (χ1v) is 15.3. The summed E-state index contributed by atoms with van der Waals surface area (Å²) >= 11 is 0. The van der Waals surface area contributed by atoms with E-state index in [0.29, 0.717) is 25.1 Å². The van der Waals surface area contributed by atoms with Crippen molar-refractivity contribution in [2.24, 2.45) is 11.7 Å². The minimum atomic E-state index is -0.711. The number of methoxy groups -OCH3 is 1. The standard InChI is InChI=1S/C35H44N4O4/c1-23(2)39(33(41)43-4)28-16-10-24(11-17-28)18-32(40)38-31-19-29(25-8-6-5-7-9-25)30(20-37-31)26-12-14-27(15-13-26)35(36)21-34(3,42)22-35/h5-9,12-15,19-20,23-24,28,42H,10-11,16-18,21-22,36H2,1-4H3,(H,37,38,40)/t24-,28-,34-,35-. The number of hydrogen-bond acceptors (Lipinski definition) is 6. The van der Waals surface area contributed by atoms with Crippen molar-refractivity contribution in [1.82, 2.24) is 9.88 Å². The van der Waals surface area contributed by atoms with Gasteiger partial charge in [0.25, 0.3) is 0 Å². The fourth-order valence-corrected chi connectivity index (χ4v) is 7.07. The third kappa shape index (κ3) is 6.92. The number of nitrogens with two attached hydrogens (primary N) is 1. The van der Waals surface area contributed by atoms with Crippen LogP contribution in [0.25, 0.3) is 22.3 Å². The molecular formula is C35H44N4O4. The molecule has 0 radical (unpaired) electrons. The summed E-state index contributed by atoms with van der Waals surface area (Å²) in [6, 6.07) is 20.4. The number of anilines is 1. The molecule has 2 aliphatic rings. The first kappa shape index (κ1) is 30.7. The maximum Gasteiger partial charge on any atom is 0.409 e. The SMILES string of the molecule is COC(=O)N(C(C)C)[C@H]1CC[C@H](CC(=O)Nc2cc(-c3ccccc3)c(-c3ccc([C@]4(N)C[C@](C)(O)C4)cc3)cn2)CC1. The monoisotopic (exact) mass is 584 g/mol. The molecule has 2 saturated carbocycles. The van der Waals surface area contributed by atoms with E-state index >= 15 is 0 Å². The molecule has 1 heterocycles. The Morgan fingerprint density at radius 1 is 1.02 bits per heavy atom. The van der Waals surface area contributed by atoms with Crippen LogP contribution in [-0.4, -0.2) is 51.8 Å². The molecule has 8 heteroatoms. The van der Waals surface area contributed by atoms with Crippen LogP contribution in [-0.2, 0) is 15.1 Å². The molecular weight excluding hydrogens is 540 g/mol. The van der Waals surface area contributed by atoms with Crippen molar-refractivity contribution in [3.8, 4) is 22.3 Å². The van der Waals surface area contributed by atoms with Gasteiger partial charge in [-0.1, -0.05) is 54.6 Å². The number of amides is 2. The highest BCUT2D eigenvalue weighted by Gasteiger charge is 2.49. The Morgan fingerprint density at radius 3 is 2.23 bits per heavy atom. The highest BCUT2D eigenvalue weighted by atomic mass is 16.5. The quantitative estimate of drug-likeness (QED) is 0.279. The number of hydrogen-bond donors (Lipinski definition) is 3. The van der Waals surface area contributed by atoms with Crippen molar-refractivity contribution < 1.29 is 19.4 Å². The Hall–Kier alpha value is -3.75. The molecule has 43 heavy (non-hydrogen) atoms. The predicted molar refractivity (Wildman–Crippen MR) is 169 cm³/mol. The van der Waals surface area contributed by atoms with Crippen LogP contribution in [0.15, 0.2) is 66.9 Å². The number of carbonyl (C=O) groups excluding carboxylic acids is 2. The minimum Gasteiger partial charge on any atom is -0.453 e. The second-order valence-corrected chi connectivity index (χ2v) is 13.0. The lowest BCUT2D eigenvalue weighted by molar-refractivity contribution is -0.117. The van der Waals surface area contributed by atoms with Gasteiger partial charge >= 0.3 is 6.09 Å². The Bertz CT molecular complexity index is 1420. The van der Waals surface area contributed by atoms with E-state index in [-0.39, 0.29) is 30.0 Å². The molecule has 228 valence electrons. The number of rotatable bonds is 8. The first-order valence-electron chi connectivity index (χ1n) is 15.3. The van der Waals surface area contributed by atoms with Gasteiger partial charge in [0, 0.05) is 35.8 Å². The van der Waals surface area contributed by atoms with E-state index < -0.39 is 11.1 Å². The van der Waals surface area contributed by atoms with Crippen LogP contribution < -0.4 is 11.1 Å². The van der Waals surface area contributed by atoms with Gasteiger partial charge in [0.05, 0.1) is 12.7 Å². The molecule has 1 aromatic heterocycles. The normalized spacial score (nSPS) is 25.1. The highest BCUT2D eigenvalue weighted by Crippen LogP contribution is 2.46. The second-order valence-electron chi connectivity index (χ2n) is 13.0. The van der Waals surface area contributed by atoms with Gasteiger partial charge in [-0.25, -0.2) is 9.78 Å². The summed E-state index contributed by atoms with van der Waals surface area (Å²) < 4.78 is 5.00. The molecule has 2 aliphatic carbocycles. The van der Waals surface area contributed by atoms with Crippen LogP contribution in [0.2, 0.25) is 0 Å². The van der Waals surface area contributed by atoms with Crippen LogP contribution >= 0.6 is 0 Å². The minimum absolute atomic E-state index is 0.0506. The maximum atomic E-state index is 13.1. The molecule has 2 amide bonds. The number of nitrogens with zero attached hydrogens (tertiary/aromatic N) is 2. The zero-order chi connectivity index (χ0) is 30.8. The smallest absolute Gasteiger partial charge is 0.409 e. The van der Waals surface area contributed by atoms with Crippen molar-refractivity contribution in [2.75, 3.05) is 12.4 Å². The van der Waals surface area contributed by atoms with E-state index in [1.54, 1.807) is 0 Å². The predicted octanol–water partition coefficient (Wildman–Crippen LogP) is 6.48. The van der Waals surface area contributed by atoms with Crippen molar-refractivity contribution in [3.05, 3.63) is 72.4 Å². The van der Waals surface area contributed by atoms with Crippen molar-refractivity contribution in [3.63, 3.8) is 0 Å². The molecule has 2 aromatic carbocycles. The average molecular weight is 585 g/mol. The lowest BCUT2D eigenvalue weighted by Gasteiger charge is -2.49. The Labute approximate surface area is 254 Å². The fourth-order valence-electron chi connectivity index (χ4n) is 7.07. The lowest BCUT2D eigenvalue weighted by Crippen LogP contribution is -2.58. The van der Waals surface area contributed by atoms with Crippen molar-refractivity contribution in [1.29, 1.82) is 0 Å². The molecule has 0 bridgehead atoms. The van der Waals surface area contributed by atoms with E-state index in [0.717, 1.165) is 53.5 Å². The van der Waals surface area contributed by atoms with E-state index in [1.807, 2.05) is 68.3 Å². The van der Waals surface area contributed by atoms with Gasteiger partial charge < -0.3 is 25.8 Å². The Kier molecular flexibility index (Phi) is 8.90. The summed E-state index contributed by atoms with van der Waals surface area (Å²) in [5, 5.41) is 13.3. The van der Waals surface area contributed by atoms with E-state index in [4.69, 9.17) is 10.5 Å². The molecule has 0 spiro atoms. The lowest BCUT2D eigenvalue weighted by atomic mass is 9.63. The first-order chi connectivity index (χ1) is 20.5. The second kappa shape index (κ2) is 12.5. The third-order valence-corrected chi connectivity index (χ3v) is 9.05. The largest absolute Gasteiger partial charge is 0.453 e. The van der Waals surface area contributed by atoms with Gasteiger partial charge in [0.2, 0.25) is 5.91 Å². The van der Waals surface area contributed by atoms with E-state index in [2.05, 4.69) is 34.6 Å². The third-order valence-electron chi connectivity index (χ3n) is 9.05. The molecule has 0 atom stereocenters. The summed E-state index contributed by atoms with van der Waals surface area (Å²) in [4.78, 5) is 31.8. The summed E-state index contributed by atoms with van der Waals surface area (Å²) in [6.45, 7) is 5.83. The van der Waals surface area contributed by atoms with Crippen molar-refractivity contribution >= 4 is 17.8 Å². The number of carbonyl (C=O) groups is 2. The zero-order valence-electron chi connectivity index (χ0n) is 25.7. The van der Waals surface area contributed by atoms with Gasteiger partial charge in [-0.2, -0.15) is 0 Å². The Balaban J connectivity index is 1.27. The molecule has 4 N–H and O–H groups in total. The van der Waals surface area contributed by atoms with Crippen LogP contribution in [0, 0.1) is 5.92 Å². The number of aliphatic hydroxyl groups is 1. The Morgan fingerprint density at radius 2 is 1.65 bits per heavy atom. The molecule has 3 aromatic rings. The van der Waals surface area contributed by atoms with Gasteiger partial charge in [-0.3, -0.25) is 4.79 Å². The van der Waals surface area contributed by atoms with Gasteiger partial charge in [0.15, 0.2) is 0 Å². The van der Waals surface area contributed by atoms with Gasteiger partial charge in [0.1, 0.15) is 5.82 Å². The molecule has 0 unspecified atom stereocenters. The average Bonchev–Trinajstić information content (AvgIpc) is 2.97. The van der Waals surface area contributed by atoms with Gasteiger partial charge in [-0.05, 0) is 93.5 Å². The molecule has 2 fully saturated rings. The number of aromatic nitrogens is 1. The molecule has 0 saturated heterocycles. The molecule has 5 rings (SSSR count). The van der Waals surface area contributed by atoms with Crippen LogP contribution in [0.1, 0.15) is 71.3 Å². The van der Waals surface area contributed by atoms with Crippen LogP contribution in [0.4, 0.5) is 10.6 Å². The van der Waals surface area contributed by atoms with Crippen molar-refractivity contribution in [2.45, 2.75) is 88.9 Å². The number of pyridine rings is 1. The molecule has 8 nitrogen and oxygen atoms in total. The van der Waals surface area contributed by atoms with Crippen LogP contribution in [0.3, 0.4) is 0 Å². The summed E-state index contributed by atoms with van der Waals surface area (Å²) in [5.74, 6) is 0.733. The topological polar surface area (TPSA) is 118 Å². The number of nitrogens with one attached hydrogen (secondary N) is 1. The van der Waals surface area contributed by atoms with E-state index in [9.17, 15) is 14.7 Å².